The Balaban J connectivity index is 2.58. The van der Waals surface area contributed by atoms with E-state index in [9.17, 15) is 14.7 Å². The largest absolute Gasteiger partial charge is 0.539 e. The molecule has 6 heteroatoms. The van der Waals surface area contributed by atoms with Crippen molar-refractivity contribution < 1.29 is 23.9 Å². The molecule has 0 aliphatic carbocycles. The van der Waals surface area contributed by atoms with E-state index in [1.54, 1.807) is 24.3 Å². The summed E-state index contributed by atoms with van der Waals surface area (Å²) in [6, 6.07) is 8.80. The van der Waals surface area contributed by atoms with Gasteiger partial charge in [-0.25, -0.2) is 0 Å². The fraction of sp³-hybridized carbons (Fsp3) is 0.143. The fourth-order valence-electron chi connectivity index (χ4n) is 1.72. The van der Waals surface area contributed by atoms with Crippen LogP contribution in [0.4, 0.5) is 0 Å². The van der Waals surface area contributed by atoms with Gasteiger partial charge in [-0.3, -0.25) is 9.59 Å². The first-order valence-corrected chi connectivity index (χ1v) is 5.88. The van der Waals surface area contributed by atoms with Crippen LogP contribution in [0.3, 0.4) is 0 Å². The Morgan fingerprint density at radius 3 is 2.35 bits per heavy atom. The molecule has 0 fully saturated rings. The molecule has 0 amide bonds. The lowest BCUT2D eigenvalue weighted by Gasteiger charge is -1.97. The number of carbonyl (C=O) groups excluding carboxylic acids is 2. The van der Waals surface area contributed by atoms with Crippen molar-refractivity contribution in [3.05, 3.63) is 41.6 Å². The summed E-state index contributed by atoms with van der Waals surface area (Å²) in [5.74, 6) is -1.55. The van der Waals surface area contributed by atoms with Gasteiger partial charge in [0.15, 0.2) is 17.5 Å². The summed E-state index contributed by atoms with van der Waals surface area (Å²) in [6.07, 6.45) is 1.20. The minimum absolute atomic E-state index is 0.0246. The third-order valence-electron chi connectivity index (χ3n) is 2.68. The van der Waals surface area contributed by atoms with Gasteiger partial charge in [0.2, 0.25) is 5.69 Å². The molecule has 6 nitrogen and oxygen atoms in total. The molecule has 0 radical (unpaired) electrons. The summed E-state index contributed by atoms with van der Waals surface area (Å²) in [5, 5.41) is 15.3. The van der Waals surface area contributed by atoms with Crippen molar-refractivity contribution in [3.63, 3.8) is 0 Å². The molecule has 2 aromatic rings. The SMILES string of the molecule is CC(=O)C(=Cc1c([O-])on[n+]1-c1ccccc1)C(C)=O. The lowest BCUT2D eigenvalue weighted by molar-refractivity contribution is -0.672. The van der Waals surface area contributed by atoms with E-state index in [1.807, 2.05) is 6.07 Å². The van der Waals surface area contributed by atoms with Gasteiger partial charge in [-0.05, 0) is 18.5 Å². The fourth-order valence-corrected chi connectivity index (χ4v) is 1.72. The van der Waals surface area contributed by atoms with Crippen LogP contribution in [0.15, 0.2) is 40.4 Å². The third-order valence-corrected chi connectivity index (χ3v) is 2.68. The van der Waals surface area contributed by atoms with Crippen molar-refractivity contribution in [1.82, 2.24) is 5.27 Å². The number of para-hydroxylation sites is 1. The lowest BCUT2D eigenvalue weighted by atomic mass is 10.1. The van der Waals surface area contributed by atoms with Crippen LogP contribution in [0.5, 0.6) is 5.95 Å². The maximum atomic E-state index is 11.7. The predicted molar refractivity (Wildman–Crippen MR) is 66.8 cm³/mol. The minimum Gasteiger partial charge on any atom is -0.539 e. The number of aromatic nitrogens is 2. The summed E-state index contributed by atoms with van der Waals surface area (Å²) in [6.45, 7) is 2.52. The van der Waals surface area contributed by atoms with E-state index >= 15 is 0 Å². The summed E-state index contributed by atoms with van der Waals surface area (Å²) < 4.78 is 5.84. The highest BCUT2D eigenvalue weighted by atomic mass is 16.6. The van der Waals surface area contributed by atoms with Crippen molar-refractivity contribution >= 4 is 17.6 Å². The second kappa shape index (κ2) is 5.48. The van der Waals surface area contributed by atoms with E-state index in [1.165, 1.54) is 24.6 Å². The first-order valence-electron chi connectivity index (χ1n) is 5.88. The second-order valence-corrected chi connectivity index (χ2v) is 4.16. The van der Waals surface area contributed by atoms with Gasteiger partial charge in [0, 0.05) is 18.2 Å². The van der Waals surface area contributed by atoms with Gasteiger partial charge < -0.3 is 9.63 Å². The molecule has 2 rings (SSSR count). The smallest absolute Gasteiger partial charge is 0.264 e. The van der Waals surface area contributed by atoms with E-state index in [-0.39, 0.29) is 11.3 Å². The Hall–Kier alpha value is -2.76. The molecular formula is C14H12N2O4. The monoisotopic (exact) mass is 272 g/mol. The molecule has 0 aliphatic rings. The molecule has 0 aliphatic heterocycles. The van der Waals surface area contributed by atoms with Crippen molar-refractivity contribution in [2.75, 3.05) is 0 Å². The molecular weight excluding hydrogens is 260 g/mol. The van der Waals surface area contributed by atoms with Gasteiger partial charge in [0.05, 0.1) is 10.8 Å². The molecule has 1 aromatic heterocycles. The van der Waals surface area contributed by atoms with E-state index in [2.05, 4.69) is 9.79 Å². The second-order valence-electron chi connectivity index (χ2n) is 4.16. The number of allylic oxidation sites excluding steroid dienone is 1. The van der Waals surface area contributed by atoms with Crippen molar-refractivity contribution in [1.29, 1.82) is 0 Å². The maximum Gasteiger partial charge on any atom is 0.264 e. The Labute approximate surface area is 114 Å². The van der Waals surface area contributed by atoms with Gasteiger partial charge in [-0.1, -0.05) is 18.2 Å². The normalized spacial score (nSPS) is 10.1. The molecule has 0 spiro atoms. The molecule has 0 atom stereocenters. The Morgan fingerprint density at radius 2 is 1.80 bits per heavy atom. The molecule has 0 saturated heterocycles. The number of hydrogen-bond donors (Lipinski definition) is 0. The summed E-state index contributed by atoms with van der Waals surface area (Å²) in [5.41, 5.74) is 0.544. The number of carbonyl (C=O) groups is 2. The topological polar surface area (TPSA) is 87.1 Å². The number of rotatable bonds is 4. The molecule has 0 N–H and O–H groups in total. The zero-order valence-corrected chi connectivity index (χ0v) is 11.0. The minimum atomic E-state index is -0.714. The number of hydrogen-bond acceptors (Lipinski definition) is 5. The van der Waals surface area contributed by atoms with Crippen LogP contribution in [0, 0.1) is 0 Å². The van der Waals surface area contributed by atoms with Gasteiger partial charge in [0.1, 0.15) is 0 Å². The quantitative estimate of drug-likeness (QED) is 0.352. The van der Waals surface area contributed by atoms with E-state index in [0.29, 0.717) is 5.69 Å². The number of benzene rings is 1. The Bertz CT molecular complexity index is 670. The molecule has 1 aromatic carbocycles. The van der Waals surface area contributed by atoms with Gasteiger partial charge in [-0.15, -0.1) is 0 Å². The van der Waals surface area contributed by atoms with Crippen molar-refractivity contribution in [3.8, 4) is 11.6 Å². The molecule has 0 unspecified atom stereocenters. The van der Waals surface area contributed by atoms with Crippen LogP contribution in [-0.4, -0.2) is 16.8 Å². The summed E-state index contributed by atoms with van der Waals surface area (Å²) in [7, 11) is 0. The highest BCUT2D eigenvalue weighted by Gasteiger charge is 2.21. The number of ketones is 2. The standard InChI is InChI=1S/C14H12N2O4/c1-9(17)12(10(2)18)8-13-14(19)20-15-16(13)11-6-4-3-5-7-11/h3-8H,1-2H3. The average Bonchev–Trinajstić information content (AvgIpc) is 2.77. The van der Waals surface area contributed by atoms with Crippen molar-refractivity contribution in [2.24, 2.45) is 0 Å². The number of Topliss-reactive ketones (excluding diaryl/α,β-unsaturated/α-hetero) is 2. The Morgan fingerprint density at radius 1 is 1.20 bits per heavy atom. The zero-order chi connectivity index (χ0) is 14.7. The first-order chi connectivity index (χ1) is 9.50. The average molecular weight is 272 g/mol. The molecule has 20 heavy (non-hydrogen) atoms. The van der Waals surface area contributed by atoms with Gasteiger partial charge >= 0.3 is 0 Å². The maximum absolute atomic E-state index is 11.7. The van der Waals surface area contributed by atoms with Crippen LogP contribution >= 0.6 is 0 Å². The summed E-state index contributed by atoms with van der Waals surface area (Å²) in [4.78, 5) is 22.8. The van der Waals surface area contributed by atoms with Crippen LogP contribution in [0.2, 0.25) is 0 Å². The third kappa shape index (κ3) is 2.64. The van der Waals surface area contributed by atoms with Crippen LogP contribution < -0.4 is 9.79 Å². The zero-order valence-electron chi connectivity index (χ0n) is 11.0. The van der Waals surface area contributed by atoms with E-state index in [0.717, 1.165) is 0 Å². The van der Waals surface area contributed by atoms with Crippen LogP contribution in [0.25, 0.3) is 11.8 Å². The molecule has 0 bridgehead atoms. The molecule has 0 saturated carbocycles. The van der Waals surface area contributed by atoms with Crippen LogP contribution in [-0.2, 0) is 9.59 Å². The first kappa shape index (κ1) is 13.7. The Kier molecular flexibility index (Phi) is 3.74. The number of nitrogens with zero attached hydrogens (tertiary/aromatic N) is 2. The summed E-state index contributed by atoms with van der Waals surface area (Å²) >= 11 is 0. The van der Waals surface area contributed by atoms with E-state index < -0.39 is 17.5 Å². The van der Waals surface area contributed by atoms with E-state index in [4.69, 9.17) is 0 Å². The highest BCUT2D eigenvalue weighted by molar-refractivity contribution is 6.21. The predicted octanol–water partition coefficient (Wildman–Crippen LogP) is 0.586. The molecule has 102 valence electrons. The highest BCUT2D eigenvalue weighted by Crippen LogP contribution is 2.15. The van der Waals surface area contributed by atoms with Crippen molar-refractivity contribution in [2.45, 2.75) is 13.8 Å². The van der Waals surface area contributed by atoms with Crippen LogP contribution in [0.1, 0.15) is 19.5 Å². The van der Waals surface area contributed by atoms with Gasteiger partial charge in [0.25, 0.3) is 5.69 Å². The lowest BCUT2D eigenvalue weighted by Crippen LogP contribution is -2.35. The van der Waals surface area contributed by atoms with Gasteiger partial charge in [-0.2, -0.15) is 0 Å². The molecule has 1 heterocycles.